The maximum Gasteiger partial charge on any atom is 0.167 e. The number of nitrogens with two attached hydrogens (primary N) is 1. The van der Waals surface area contributed by atoms with E-state index >= 15 is 0 Å². The van der Waals surface area contributed by atoms with E-state index in [1.165, 1.54) is 6.07 Å². The van der Waals surface area contributed by atoms with Crippen molar-refractivity contribution in [1.82, 2.24) is 0 Å². The zero-order chi connectivity index (χ0) is 14.0. The Kier molecular flexibility index (Phi) is 3.85. The van der Waals surface area contributed by atoms with Crippen molar-refractivity contribution in [3.63, 3.8) is 0 Å². The van der Waals surface area contributed by atoms with Gasteiger partial charge in [-0.15, -0.1) is 0 Å². The van der Waals surface area contributed by atoms with Gasteiger partial charge in [-0.25, -0.2) is 4.39 Å². The van der Waals surface area contributed by atoms with Gasteiger partial charge in [-0.1, -0.05) is 0 Å². The number of benzene rings is 1. The van der Waals surface area contributed by atoms with Crippen molar-refractivity contribution in [3.8, 4) is 5.75 Å². The maximum atomic E-state index is 13.7. The summed E-state index contributed by atoms with van der Waals surface area (Å²) in [5, 5.41) is 10.1. The molecule has 5 heteroatoms. The Morgan fingerprint density at radius 1 is 1.53 bits per heavy atom. The highest BCUT2D eigenvalue weighted by atomic mass is 19.1. The Bertz CT molecular complexity index is 463. The van der Waals surface area contributed by atoms with Gasteiger partial charge in [0, 0.05) is 25.2 Å². The lowest BCUT2D eigenvalue weighted by molar-refractivity contribution is 0.0449. The number of ether oxygens (including phenoxy) is 1. The number of aliphatic hydroxyl groups is 1. The zero-order valence-corrected chi connectivity index (χ0v) is 11.4. The number of rotatable bonds is 3. The number of halogens is 1. The molecule has 1 fully saturated rings. The topological polar surface area (TPSA) is 58.7 Å². The van der Waals surface area contributed by atoms with Crippen molar-refractivity contribution in [2.24, 2.45) is 0 Å². The van der Waals surface area contributed by atoms with Crippen LogP contribution in [-0.2, 0) is 0 Å². The monoisotopic (exact) mass is 268 g/mol. The van der Waals surface area contributed by atoms with E-state index < -0.39 is 11.4 Å². The molecule has 1 aliphatic heterocycles. The molecule has 106 valence electrons. The highest BCUT2D eigenvalue weighted by molar-refractivity contribution is 5.70. The van der Waals surface area contributed by atoms with Crippen LogP contribution in [0.2, 0.25) is 0 Å². The Balaban J connectivity index is 2.30. The van der Waals surface area contributed by atoms with Crippen molar-refractivity contribution in [2.75, 3.05) is 30.3 Å². The first-order chi connectivity index (χ1) is 8.93. The highest BCUT2D eigenvalue weighted by Gasteiger charge is 2.29. The van der Waals surface area contributed by atoms with Crippen LogP contribution in [0.25, 0.3) is 0 Å². The highest BCUT2D eigenvalue weighted by Crippen LogP contribution is 2.34. The van der Waals surface area contributed by atoms with Crippen LogP contribution in [0.3, 0.4) is 0 Å². The minimum Gasteiger partial charge on any atom is -0.491 e. The van der Waals surface area contributed by atoms with Crippen molar-refractivity contribution < 1.29 is 14.2 Å². The van der Waals surface area contributed by atoms with Gasteiger partial charge in [-0.2, -0.15) is 0 Å². The van der Waals surface area contributed by atoms with E-state index in [0.717, 1.165) is 25.1 Å². The van der Waals surface area contributed by atoms with Crippen LogP contribution in [-0.4, -0.2) is 30.4 Å². The number of hydrogen-bond acceptors (Lipinski definition) is 4. The molecule has 0 radical (unpaired) electrons. The minimum atomic E-state index is -0.731. The number of β-amino-alcohol motifs (C(OH)–C–C–N with tert-alkyl or cyclic N) is 1. The fourth-order valence-corrected chi connectivity index (χ4v) is 2.52. The van der Waals surface area contributed by atoms with Crippen LogP contribution in [0.15, 0.2) is 12.1 Å². The lowest BCUT2D eigenvalue weighted by Gasteiger charge is -2.38. The summed E-state index contributed by atoms with van der Waals surface area (Å²) in [6.45, 7) is 5.31. The van der Waals surface area contributed by atoms with Gasteiger partial charge in [-0.3, -0.25) is 0 Å². The third kappa shape index (κ3) is 3.10. The average Bonchev–Trinajstić information content (AvgIpc) is 2.31. The van der Waals surface area contributed by atoms with E-state index in [2.05, 4.69) is 0 Å². The summed E-state index contributed by atoms with van der Waals surface area (Å²) >= 11 is 0. The Hall–Kier alpha value is -1.49. The number of anilines is 2. The fraction of sp³-hybridized carbons (Fsp3) is 0.571. The van der Waals surface area contributed by atoms with Crippen molar-refractivity contribution in [2.45, 2.75) is 32.3 Å². The second-order valence-corrected chi connectivity index (χ2v) is 5.30. The van der Waals surface area contributed by atoms with Crippen molar-refractivity contribution in [3.05, 3.63) is 17.9 Å². The van der Waals surface area contributed by atoms with Gasteiger partial charge in [0.2, 0.25) is 0 Å². The van der Waals surface area contributed by atoms with Crippen LogP contribution in [0.5, 0.6) is 5.75 Å². The molecule has 0 bridgehead atoms. The molecule has 1 saturated heterocycles. The fourth-order valence-electron chi connectivity index (χ4n) is 2.52. The first kappa shape index (κ1) is 13.9. The van der Waals surface area contributed by atoms with Crippen LogP contribution in [0.1, 0.15) is 26.7 Å². The van der Waals surface area contributed by atoms with Gasteiger partial charge in [0.25, 0.3) is 0 Å². The first-order valence-electron chi connectivity index (χ1n) is 6.62. The summed E-state index contributed by atoms with van der Waals surface area (Å²) in [7, 11) is 0. The molecule has 3 N–H and O–H groups in total. The summed E-state index contributed by atoms with van der Waals surface area (Å²) < 4.78 is 18.9. The van der Waals surface area contributed by atoms with Gasteiger partial charge in [0.1, 0.15) is 0 Å². The molecule has 4 nitrogen and oxygen atoms in total. The van der Waals surface area contributed by atoms with Crippen molar-refractivity contribution in [1.29, 1.82) is 0 Å². The van der Waals surface area contributed by atoms with Gasteiger partial charge in [0.15, 0.2) is 11.6 Å². The van der Waals surface area contributed by atoms with Crippen molar-refractivity contribution >= 4 is 11.4 Å². The maximum absolute atomic E-state index is 13.7. The predicted molar refractivity (Wildman–Crippen MR) is 74.1 cm³/mol. The Labute approximate surface area is 113 Å². The molecule has 1 atom stereocenters. The molecule has 0 amide bonds. The molecule has 19 heavy (non-hydrogen) atoms. The van der Waals surface area contributed by atoms with E-state index in [4.69, 9.17) is 10.5 Å². The predicted octanol–water partition coefficient (Wildman–Crippen LogP) is 2.16. The summed E-state index contributed by atoms with van der Waals surface area (Å²) in [5.41, 5.74) is 6.26. The molecule has 1 aromatic carbocycles. The molecule has 1 aromatic rings. The minimum absolute atomic E-state index is 0.205. The standard InChI is InChI=1S/C14H21FN2O2/c1-3-19-13-8-12(11(16)7-10(13)15)17-6-4-5-14(2,18)9-17/h7-8,18H,3-6,9,16H2,1-2H3. The third-order valence-corrected chi connectivity index (χ3v) is 3.40. The smallest absolute Gasteiger partial charge is 0.167 e. The molecule has 1 unspecified atom stereocenters. The normalized spacial score (nSPS) is 23.5. The zero-order valence-electron chi connectivity index (χ0n) is 11.4. The lowest BCUT2D eigenvalue weighted by Crippen LogP contribution is -2.46. The summed E-state index contributed by atoms with van der Waals surface area (Å²) in [6.07, 6.45) is 1.65. The van der Waals surface area contributed by atoms with E-state index in [0.29, 0.717) is 18.8 Å². The molecular weight excluding hydrogens is 247 g/mol. The summed E-state index contributed by atoms with van der Waals surface area (Å²) in [4.78, 5) is 1.99. The van der Waals surface area contributed by atoms with Crippen LogP contribution in [0, 0.1) is 5.82 Å². The summed E-state index contributed by atoms with van der Waals surface area (Å²) in [6, 6.07) is 2.90. The molecule has 1 heterocycles. The lowest BCUT2D eigenvalue weighted by atomic mass is 9.94. The molecule has 0 saturated carbocycles. The largest absolute Gasteiger partial charge is 0.491 e. The van der Waals surface area contributed by atoms with Crippen LogP contribution < -0.4 is 15.4 Å². The summed E-state index contributed by atoms with van der Waals surface area (Å²) in [5.74, 6) is -0.246. The van der Waals surface area contributed by atoms with Gasteiger partial charge >= 0.3 is 0 Å². The van der Waals surface area contributed by atoms with E-state index in [-0.39, 0.29) is 5.75 Å². The SMILES string of the molecule is CCOc1cc(N2CCCC(C)(O)C2)c(N)cc1F. The van der Waals surface area contributed by atoms with E-state index in [9.17, 15) is 9.50 Å². The van der Waals surface area contributed by atoms with Gasteiger partial charge in [0.05, 0.1) is 23.6 Å². The molecule has 2 rings (SSSR count). The quantitative estimate of drug-likeness (QED) is 0.825. The number of nitrogen functional groups attached to an aromatic ring is 1. The van der Waals surface area contributed by atoms with Crippen LogP contribution >= 0.6 is 0 Å². The number of hydrogen-bond donors (Lipinski definition) is 2. The Morgan fingerprint density at radius 3 is 2.89 bits per heavy atom. The number of nitrogens with zero attached hydrogens (tertiary/aromatic N) is 1. The van der Waals surface area contributed by atoms with E-state index in [1.54, 1.807) is 13.0 Å². The second kappa shape index (κ2) is 5.25. The second-order valence-electron chi connectivity index (χ2n) is 5.30. The average molecular weight is 268 g/mol. The number of piperidine rings is 1. The first-order valence-corrected chi connectivity index (χ1v) is 6.62. The van der Waals surface area contributed by atoms with Gasteiger partial charge in [-0.05, 0) is 26.7 Å². The third-order valence-electron chi connectivity index (χ3n) is 3.40. The molecule has 0 spiro atoms. The molecule has 1 aliphatic rings. The molecular formula is C14H21FN2O2. The van der Waals surface area contributed by atoms with Crippen LogP contribution in [0.4, 0.5) is 15.8 Å². The molecule has 0 aliphatic carbocycles. The van der Waals surface area contributed by atoms with E-state index in [1.807, 2.05) is 11.8 Å². The van der Waals surface area contributed by atoms with Gasteiger partial charge < -0.3 is 20.5 Å². The Morgan fingerprint density at radius 2 is 2.26 bits per heavy atom. The molecule has 0 aromatic heterocycles.